The minimum Gasteiger partial charge on any atom is -0.0882 e. The van der Waals surface area contributed by atoms with Gasteiger partial charge in [0.05, 0.1) is 0 Å². The van der Waals surface area contributed by atoms with Crippen LogP contribution < -0.4 is 0 Å². The van der Waals surface area contributed by atoms with Crippen LogP contribution in [0.25, 0.3) is 0 Å². The molecule has 0 aromatic heterocycles. The van der Waals surface area contributed by atoms with Crippen LogP contribution in [0.5, 0.6) is 0 Å². The molecule has 0 aromatic carbocycles. The molecular formula is C15H22. The third-order valence-corrected chi connectivity index (χ3v) is 2.51. The maximum Gasteiger partial charge on any atom is -0.0310 e. The van der Waals surface area contributed by atoms with Gasteiger partial charge in [0.1, 0.15) is 0 Å². The van der Waals surface area contributed by atoms with Crippen molar-refractivity contribution in [3.05, 3.63) is 48.1 Å². The molecule has 0 nitrogen and oxygen atoms in total. The van der Waals surface area contributed by atoms with E-state index in [0.717, 1.165) is 6.42 Å². The molecular weight excluding hydrogens is 180 g/mol. The number of hydrogen-bond acceptors (Lipinski definition) is 0. The fourth-order valence-electron chi connectivity index (χ4n) is 1.60. The number of hydrogen-bond donors (Lipinski definition) is 0. The smallest absolute Gasteiger partial charge is 0.0310 e. The lowest BCUT2D eigenvalue weighted by Crippen LogP contribution is -1.74. The van der Waals surface area contributed by atoms with Crippen LogP contribution in [-0.4, -0.2) is 0 Å². The molecule has 0 amide bonds. The summed E-state index contributed by atoms with van der Waals surface area (Å²) in [5.41, 5.74) is 1.39. The topological polar surface area (TPSA) is 0 Å². The molecule has 15 heavy (non-hydrogen) atoms. The molecule has 0 saturated carbocycles. The molecule has 0 fully saturated rings. The lowest BCUT2D eigenvalue weighted by molar-refractivity contribution is 0.979. The van der Waals surface area contributed by atoms with Crippen LogP contribution in [0.15, 0.2) is 48.1 Å². The molecule has 0 unspecified atom stereocenters. The zero-order chi connectivity index (χ0) is 10.8. The molecule has 1 aliphatic rings. The van der Waals surface area contributed by atoms with E-state index in [1.54, 1.807) is 0 Å². The average Bonchev–Trinajstić information content (AvgIpc) is 2.24. The Kier molecular flexibility index (Phi) is 6.64. The van der Waals surface area contributed by atoms with Crippen molar-refractivity contribution in [1.82, 2.24) is 0 Å². The Morgan fingerprint density at radius 2 is 1.13 bits per heavy atom. The van der Waals surface area contributed by atoms with Crippen LogP contribution in [0.4, 0.5) is 0 Å². The second-order valence-corrected chi connectivity index (χ2v) is 4.03. The van der Waals surface area contributed by atoms with E-state index in [1.807, 2.05) is 0 Å². The molecule has 1 aliphatic carbocycles. The van der Waals surface area contributed by atoms with Gasteiger partial charge in [-0.1, -0.05) is 48.1 Å². The maximum atomic E-state index is 2.32. The standard InChI is InChI=1S/C15H22/c1-15-13-11-9-7-5-3-2-4-6-8-10-12-14-15/h3,5-6,8,11,13-14H,2,4,7,9-10,12H2,1H3/b5-3-,8-6-,13-11-,15-14-. The number of allylic oxidation sites excluding steroid dienone is 8. The summed E-state index contributed by atoms with van der Waals surface area (Å²) in [4.78, 5) is 0. The van der Waals surface area contributed by atoms with E-state index in [2.05, 4.69) is 49.5 Å². The van der Waals surface area contributed by atoms with Gasteiger partial charge in [0.2, 0.25) is 0 Å². The van der Waals surface area contributed by atoms with Crippen molar-refractivity contribution in [2.75, 3.05) is 0 Å². The molecule has 0 radical (unpaired) electrons. The van der Waals surface area contributed by atoms with Crippen LogP contribution in [0, 0.1) is 0 Å². The normalized spacial score (nSPS) is 29.5. The van der Waals surface area contributed by atoms with Crippen molar-refractivity contribution < 1.29 is 0 Å². The molecule has 0 aromatic rings. The van der Waals surface area contributed by atoms with Crippen molar-refractivity contribution in [2.45, 2.75) is 45.4 Å². The Morgan fingerprint density at radius 3 is 1.73 bits per heavy atom. The molecule has 0 spiro atoms. The summed E-state index contributed by atoms with van der Waals surface area (Å²) in [7, 11) is 0. The monoisotopic (exact) mass is 202 g/mol. The van der Waals surface area contributed by atoms with Gasteiger partial charge in [-0.25, -0.2) is 0 Å². The molecule has 0 bridgehead atoms. The van der Waals surface area contributed by atoms with E-state index in [0.29, 0.717) is 0 Å². The van der Waals surface area contributed by atoms with Gasteiger partial charge in [0.15, 0.2) is 0 Å². The molecule has 0 N–H and O–H groups in total. The largest absolute Gasteiger partial charge is 0.0882 e. The van der Waals surface area contributed by atoms with Gasteiger partial charge in [-0.3, -0.25) is 0 Å². The molecule has 0 atom stereocenters. The van der Waals surface area contributed by atoms with Crippen LogP contribution >= 0.6 is 0 Å². The maximum absolute atomic E-state index is 2.32. The Bertz CT molecular complexity index is 264. The van der Waals surface area contributed by atoms with Crippen molar-refractivity contribution in [1.29, 1.82) is 0 Å². The Morgan fingerprint density at radius 1 is 0.667 bits per heavy atom. The predicted molar refractivity (Wildman–Crippen MR) is 68.9 cm³/mol. The predicted octanol–water partition coefficient (Wildman–Crippen LogP) is 4.96. The summed E-state index contributed by atoms with van der Waals surface area (Å²) in [6.45, 7) is 2.18. The highest BCUT2D eigenvalue weighted by Crippen LogP contribution is 2.05. The lowest BCUT2D eigenvalue weighted by Gasteiger charge is -1.94. The van der Waals surface area contributed by atoms with Gasteiger partial charge in [-0.2, -0.15) is 0 Å². The summed E-state index contributed by atoms with van der Waals surface area (Å²) in [6, 6.07) is 0. The Labute approximate surface area is 94.1 Å². The van der Waals surface area contributed by atoms with Crippen LogP contribution in [0.3, 0.4) is 0 Å². The summed E-state index contributed by atoms with van der Waals surface area (Å²) in [5, 5.41) is 0. The molecule has 0 aliphatic heterocycles. The molecule has 0 saturated heterocycles. The second kappa shape index (κ2) is 8.28. The SMILES string of the molecule is CC1=C/CC/C=C\CC/C=C\CC/C=C\1. The van der Waals surface area contributed by atoms with E-state index >= 15 is 0 Å². The molecule has 0 heterocycles. The zero-order valence-corrected chi connectivity index (χ0v) is 9.78. The van der Waals surface area contributed by atoms with E-state index in [9.17, 15) is 0 Å². The first-order valence-electron chi connectivity index (χ1n) is 6.03. The van der Waals surface area contributed by atoms with E-state index < -0.39 is 0 Å². The lowest BCUT2D eigenvalue weighted by atomic mass is 10.1. The third kappa shape index (κ3) is 6.96. The highest BCUT2D eigenvalue weighted by molar-refractivity contribution is 5.16. The van der Waals surface area contributed by atoms with Gasteiger partial charge in [-0.15, -0.1) is 0 Å². The van der Waals surface area contributed by atoms with Gasteiger partial charge in [0.25, 0.3) is 0 Å². The Hall–Kier alpha value is -1.04. The summed E-state index contributed by atoms with van der Waals surface area (Å²) >= 11 is 0. The summed E-state index contributed by atoms with van der Waals surface area (Å²) < 4.78 is 0. The average molecular weight is 202 g/mol. The highest BCUT2D eigenvalue weighted by Gasteiger charge is 1.84. The van der Waals surface area contributed by atoms with Crippen molar-refractivity contribution in [3.63, 3.8) is 0 Å². The van der Waals surface area contributed by atoms with Gasteiger partial charge < -0.3 is 0 Å². The van der Waals surface area contributed by atoms with E-state index in [-0.39, 0.29) is 0 Å². The van der Waals surface area contributed by atoms with Gasteiger partial charge in [0, 0.05) is 0 Å². The van der Waals surface area contributed by atoms with Crippen LogP contribution in [-0.2, 0) is 0 Å². The zero-order valence-electron chi connectivity index (χ0n) is 9.78. The van der Waals surface area contributed by atoms with Crippen LogP contribution in [0.2, 0.25) is 0 Å². The van der Waals surface area contributed by atoms with E-state index in [4.69, 9.17) is 0 Å². The van der Waals surface area contributed by atoms with Gasteiger partial charge in [-0.05, 0) is 45.4 Å². The quantitative estimate of drug-likeness (QED) is 0.487. The minimum absolute atomic E-state index is 1.16. The summed E-state index contributed by atoms with van der Waals surface area (Å²) in [5.74, 6) is 0. The minimum atomic E-state index is 1.16. The van der Waals surface area contributed by atoms with E-state index in [1.165, 1.54) is 37.7 Å². The molecule has 82 valence electrons. The first-order chi connectivity index (χ1) is 7.39. The van der Waals surface area contributed by atoms with Crippen LogP contribution in [0.1, 0.15) is 45.4 Å². The van der Waals surface area contributed by atoms with Crippen molar-refractivity contribution in [3.8, 4) is 0 Å². The second-order valence-electron chi connectivity index (χ2n) is 4.03. The number of rotatable bonds is 0. The third-order valence-electron chi connectivity index (χ3n) is 2.51. The van der Waals surface area contributed by atoms with Gasteiger partial charge >= 0.3 is 0 Å². The highest BCUT2D eigenvalue weighted by atomic mass is 13.9. The van der Waals surface area contributed by atoms with Crippen molar-refractivity contribution >= 4 is 0 Å². The first kappa shape index (κ1) is 12.0. The fraction of sp³-hybridized carbons (Fsp3) is 0.467. The fourth-order valence-corrected chi connectivity index (χ4v) is 1.60. The van der Waals surface area contributed by atoms with Crippen molar-refractivity contribution in [2.24, 2.45) is 0 Å². The Balaban J connectivity index is 2.46. The summed E-state index contributed by atoms with van der Waals surface area (Å²) in [6.07, 6.45) is 23.1. The molecule has 1 rings (SSSR count). The molecule has 0 heteroatoms. The first-order valence-corrected chi connectivity index (χ1v) is 6.03.